The molecule has 0 heterocycles. The van der Waals surface area contributed by atoms with Gasteiger partial charge >= 0.3 is 0 Å². The number of nitrogens with one attached hydrogen (secondary N) is 1. The molecule has 98 valence electrons. The summed E-state index contributed by atoms with van der Waals surface area (Å²) in [7, 11) is 0. The second-order valence-electron chi connectivity index (χ2n) is 3.58. The first-order chi connectivity index (χ1) is 8.49. The molecule has 1 unspecified atom stereocenters. The first-order valence-electron chi connectivity index (χ1n) is 5.23. The number of hydrogen-bond acceptors (Lipinski definition) is 3. The van der Waals surface area contributed by atoms with Crippen LogP contribution in [0.2, 0.25) is 5.02 Å². The Balaban J connectivity index is 2.91. The van der Waals surface area contributed by atoms with E-state index in [1.165, 1.54) is 0 Å². The van der Waals surface area contributed by atoms with Gasteiger partial charge in [-0.3, -0.25) is 4.79 Å². The highest BCUT2D eigenvalue weighted by Crippen LogP contribution is 2.21. The summed E-state index contributed by atoms with van der Waals surface area (Å²) in [5.41, 5.74) is 5.79. The van der Waals surface area contributed by atoms with Gasteiger partial charge in [0, 0.05) is 4.47 Å². The summed E-state index contributed by atoms with van der Waals surface area (Å²) in [6, 6.07) is 4.43. The van der Waals surface area contributed by atoms with Crippen LogP contribution in [0.15, 0.2) is 27.8 Å². The van der Waals surface area contributed by atoms with Crippen LogP contribution in [0.4, 0.5) is 0 Å². The SMILES string of the molecule is CCC(NC(=O)c1cc(Br)ccc1Cl)/C(N)=N/O. The predicted molar refractivity (Wildman–Crippen MR) is 74.1 cm³/mol. The lowest BCUT2D eigenvalue weighted by atomic mass is 10.1. The molecular weight excluding hydrogens is 321 g/mol. The maximum absolute atomic E-state index is 12.0. The van der Waals surface area contributed by atoms with Crippen molar-refractivity contribution in [2.75, 3.05) is 0 Å². The zero-order valence-corrected chi connectivity index (χ0v) is 12.0. The molecule has 1 amide bonds. The number of hydrogen-bond donors (Lipinski definition) is 3. The fraction of sp³-hybridized carbons (Fsp3) is 0.273. The summed E-state index contributed by atoms with van der Waals surface area (Å²) >= 11 is 9.20. The summed E-state index contributed by atoms with van der Waals surface area (Å²) in [5, 5.41) is 14.5. The van der Waals surface area contributed by atoms with Gasteiger partial charge in [0.25, 0.3) is 5.91 Å². The van der Waals surface area contributed by atoms with E-state index in [2.05, 4.69) is 26.4 Å². The molecule has 0 aliphatic carbocycles. The van der Waals surface area contributed by atoms with E-state index in [1.54, 1.807) is 18.2 Å². The molecule has 18 heavy (non-hydrogen) atoms. The van der Waals surface area contributed by atoms with E-state index in [0.29, 0.717) is 17.0 Å². The maximum Gasteiger partial charge on any atom is 0.253 e. The van der Waals surface area contributed by atoms with Crippen molar-refractivity contribution in [2.24, 2.45) is 10.9 Å². The number of carbonyl (C=O) groups is 1. The van der Waals surface area contributed by atoms with E-state index in [0.717, 1.165) is 4.47 Å². The molecule has 1 aromatic rings. The molecule has 0 saturated heterocycles. The van der Waals surface area contributed by atoms with Gasteiger partial charge < -0.3 is 16.3 Å². The second-order valence-corrected chi connectivity index (χ2v) is 4.91. The minimum absolute atomic E-state index is 0.0445. The van der Waals surface area contributed by atoms with Gasteiger partial charge in [0.05, 0.1) is 16.6 Å². The van der Waals surface area contributed by atoms with Crippen LogP contribution in [0.5, 0.6) is 0 Å². The summed E-state index contributed by atoms with van der Waals surface area (Å²) in [6.45, 7) is 1.81. The van der Waals surface area contributed by atoms with Crippen LogP contribution in [0, 0.1) is 0 Å². The van der Waals surface area contributed by atoms with Crippen molar-refractivity contribution in [3.63, 3.8) is 0 Å². The van der Waals surface area contributed by atoms with Crippen molar-refractivity contribution < 1.29 is 10.0 Å². The van der Waals surface area contributed by atoms with Gasteiger partial charge in [0.15, 0.2) is 5.84 Å². The van der Waals surface area contributed by atoms with E-state index in [1.807, 2.05) is 6.92 Å². The molecular formula is C11H13BrClN3O2. The van der Waals surface area contributed by atoms with Crippen molar-refractivity contribution >= 4 is 39.3 Å². The zero-order chi connectivity index (χ0) is 13.7. The van der Waals surface area contributed by atoms with Crippen molar-refractivity contribution in [2.45, 2.75) is 19.4 Å². The molecule has 1 aromatic carbocycles. The van der Waals surface area contributed by atoms with E-state index in [4.69, 9.17) is 22.5 Å². The van der Waals surface area contributed by atoms with Gasteiger partial charge in [0.1, 0.15) is 0 Å². The lowest BCUT2D eigenvalue weighted by Gasteiger charge is -2.15. The topological polar surface area (TPSA) is 87.7 Å². The Morgan fingerprint density at radius 2 is 2.33 bits per heavy atom. The molecule has 0 aliphatic rings. The number of amides is 1. The predicted octanol–water partition coefficient (Wildman–Crippen LogP) is 2.36. The number of nitrogens with two attached hydrogens (primary N) is 1. The van der Waals surface area contributed by atoms with Gasteiger partial charge in [-0.05, 0) is 24.6 Å². The quantitative estimate of drug-likeness (QED) is 0.342. The van der Waals surface area contributed by atoms with Crippen molar-refractivity contribution in [1.29, 1.82) is 0 Å². The average molecular weight is 335 g/mol. The summed E-state index contributed by atoms with van der Waals surface area (Å²) < 4.78 is 0.744. The van der Waals surface area contributed by atoms with Gasteiger partial charge in [0.2, 0.25) is 0 Å². The summed E-state index contributed by atoms with van der Waals surface area (Å²) in [4.78, 5) is 12.0. The van der Waals surface area contributed by atoms with Gasteiger partial charge in [-0.1, -0.05) is 39.6 Å². The fourth-order valence-corrected chi connectivity index (χ4v) is 1.93. The van der Waals surface area contributed by atoms with Crippen LogP contribution in [0.25, 0.3) is 0 Å². The van der Waals surface area contributed by atoms with Crippen LogP contribution >= 0.6 is 27.5 Å². The standard InChI is InChI=1S/C11H13BrClN3O2/c1-2-9(10(14)16-18)15-11(17)7-5-6(12)3-4-8(7)13/h3-5,9,18H,2H2,1H3,(H2,14,16)(H,15,17). The highest BCUT2D eigenvalue weighted by Gasteiger charge is 2.18. The van der Waals surface area contributed by atoms with Gasteiger partial charge in [-0.15, -0.1) is 0 Å². The lowest BCUT2D eigenvalue weighted by Crippen LogP contribution is -2.44. The molecule has 0 saturated carbocycles. The van der Waals surface area contributed by atoms with Crippen LogP contribution in [-0.2, 0) is 0 Å². The Kier molecular flexibility index (Phi) is 5.43. The number of carbonyl (C=O) groups excluding carboxylic acids is 1. The van der Waals surface area contributed by atoms with Crippen molar-refractivity contribution in [3.8, 4) is 0 Å². The Bertz CT molecular complexity index is 479. The molecule has 0 aliphatic heterocycles. The van der Waals surface area contributed by atoms with Crippen LogP contribution in [0.1, 0.15) is 23.7 Å². The molecule has 1 rings (SSSR count). The lowest BCUT2D eigenvalue weighted by molar-refractivity contribution is 0.0945. The van der Waals surface area contributed by atoms with Gasteiger partial charge in [-0.2, -0.15) is 0 Å². The zero-order valence-electron chi connectivity index (χ0n) is 9.65. The third-order valence-electron chi connectivity index (χ3n) is 2.36. The number of benzene rings is 1. The summed E-state index contributed by atoms with van der Waals surface area (Å²) in [5.74, 6) is -0.420. The molecule has 4 N–H and O–H groups in total. The Hall–Kier alpha value is -1.27. The molecule has 0 radical (unpaired) electrons. The second kappa shape index (κ2) is 6.61. The van der Waals surface area contributed by atoms with Crippen molar-refractivity contribution in [1.82, 2.24) is 5.32 Å². The monoisotopic (exact) mass is 333 g/mol. The number of halogens is 2. The Labute approximate surface area is 118 Å². The molecule has 1 atom stereocenters. The minimum Gasteiger partial charge on any atom is -0.409 e. The van der Waals surface area contributed by atoms with Crippen LogP contribution in [0.3, 0.4) is 0 Å². The molecule has 0 aromatic heterocycles. The minimum atomic E-state index is -0.530. The molecule has 0 spiro atoms. The Morgan fingerprint density at radius 3 is 2.89 bits per heavy atom. The van der Waals surface area contributed by atoms with E-state index in [9.17, 15) is 4.79 Å². The van der Waals surface area contributed by atoms with Crippen LogP contribution < -0.4 is 11.1 Å². The van der Waals surface area contributed by atoms with E-state index < -0.39 is 6.04 Å². The first kappa shape index (κ1) is 14.8. The third kappa shape index (κ3) is 3.61. The third-order valence-corrected chi connectivity index (χ3v) is 3.18. The number of rotatable bonds is 4. The molecule has 7 heteroatoms. The smallest absolute Gasteiger partial charge is 0.253 e. The normalized spacial score (nSPS) is 13.2. The number of oxime groups is 1. The van der Waals surface area contributed by atoms with Crippen LogP contribution in [-0.4, -0.2) is 23.0 Å². The molecule has 5 nitrogen and oxygen atoms in total. The maximum atomic E-state index is 12.0. The Morgan fingerprint density at radius 1 is 1.67 bits per heavy atom. The highest BCUT2D eigenvalue weighted by molar-refractivity contribution is 9.10. The van der Waals surface area contributed by atoms with Crippen molar-refractivity contribution in [3.05, 3.63) is 33.3 Å². The number of nitrogens with zero attached hydrogens (tertiary/aromatic N) is 1. The summed E-state index contributed by atoms with van der Waals surface area (Å²) in [6.07, 6.45) is 0.507. The first-order valence-corrected chi connectivity index (χ1v) is 6.40. The largest absolute Gasteiger partial charge is 0.409 e. The molecule has 0 bridgehead atoms. The average Bonchev–Trinajstić information content (AvgIpc) is 2.37. The van der Waals surface area contributed by atoms with Gasteiger partial charge in [-0.25, -0.2) is 0 Å². The van der Waals surface area contributed by atoms with E-state index >= 15 is 0 Å². The number of amidine groups is 1. The van der Waals surface area contributed by atoms with E-state index in [-0.39, 0.29) is 11.7 Å². The molecule has 0 fully saturated rings. The fourth-order valence-electron chi connectivity index (χ4n) is 1.36. The highest BCUT2D eigenvalue weighted by atomic mass is 79.9.